The highest BCUT2D eigenvalue weighted by Gasteiger charge is 2.33. The number of pyridine rings is 1. The van der Waals surface area contributed by atoms with Crippen molar-refractivity contribution in [1.29, 1.82) is 5.41 Å². The third-order valence-electron chi connectivity index (χ3n) is 4.24. The van der Waals surface area contributed by atoms with Crippen molar-refractivity contribution < 1.29 is 26.4 Å². The van der Waals surface area contributed by atoms with Crippen molar-refractivity contribution in [3.63, 3.8) is 0 Å². The van der Waals surface area contributed by atoms with Crippen LogP contribution in [0.1, 0.15) is 30.0 Å². The van der Waals surface area contributed by atoms with Crippen LogP contribution in [0.4, 0.5) is 13.2 Å². The molecule has 1 aliphatic carbocycles. The highest BCUT2D eigenvalue weighted by atomic mass is 32.2. The topological polar surface area (TPSA) is 112 Å². The van der Waals surface area contributed by atoms with Crippen molar-refractivity contribution in [3.05, 3.63) is 64.8 Å². The van der Waals surface area contributed by atoms with Gasteiger partial charge in [0.15, 0.2) is 0 Å². The van der Waals surface area contributed by atoms with Gasteiger partial charge in [-0.25, -0.2) is 13.4 Å². The van der Waals surface area contributed by atoms with Crippen LogP contribution in [0.3, 0.4) is 0 Å². The lowest BCUT2D eigenvalue weighted by molar-refractivity contribution is -0.141. The third kappa shape index (κ3) is 7.06. The summed E-state index contributed by atoms with van der Waals surface area (Å²) in [5.74, 6) is -0.992. The molecular weight excluding hydrogens is 433 g/mol. The number of sulfone groups is 1. The Hall–Kier alpha value is -2.95. The second kappa shape index (κ2) is 9.46. The summed E-state index contributed by atoms with van der Waals surface area (Å²) in [4.78, 5) is 15.9. The standard InChI is InChI=1S/C20H23F3N4O3S/c1-12(2)14-10-15(24)13(11-25-7-8-31(3,29)30)9-17(14)27-19(28)16-5-4-6-18(26-16)20(21,22)23/h4-6,9-12,24-25H,7-8H2,1-3H3,(H,27,28)/b13-11-,24-15?. The fourth-order valence-corrected chi connectivity index (χ4v) is 3.16. The van der Waals surface area contributed by atoms with E-state index in [1.54, 1.807) is 6.08 Å². The number of amides is 1. The number of rotatable bonds is 7. The zero-order chi connectivity index (χ0) is 23.4. The number of alkyl halides is 3. The zero-order valence-corrected chi connectivity index (χ0v) is 18.0. The van der Waals surface area contributed by atoms with E-state index >= 15 is 0 Å². The van der Waals surface area contributed by atoms with E-state index in [2.05, 4.69) is 15.6 Å². The monoisotopic (exact) mass is 456 g/mol. The van der Waals surface area contributed by atoms with Crippen molar-refractivity contribution in [2.24, 2.45) is 5.92 Å². The number of halogens is 3. The van der Waals surface area contributed by atoms with Gasteiger partial charge in [0.25, 0.3) is 5.91 Å². The Bertz CT molecular complexity index is 1070. The highest BCUT2D eigenvalue weighted by Crippen LogP contribution is 2.28. The first-order valence-corrected chi connectivity index (χ1v) is 11.3. The normalized spacial score (nSPS) is 16.2. The van der Waals surface area contributed by atoms with E-state index < -0.39 is 33.3 Å². The maximum Gasteiger partial charge on any atom is 0.433 e. The van der Waals surface area contributed by atoms with Crippen LogP contribution in [0.5, 0.6) is 0 Å². The van der Waals surface area contributed by atoms with Gasteiger partial charge in [-0.2, -0.15) is 13.2 Å². The Kier molecular flexibility index (Phi) is 7.42. The van der Waals surface area contributed by atoms with E-state index in [9.17, 15) is 26.4 Å². The summed E-state index contributed by atoms with van der Waals surface area (Å²) in [5, 5.41) is 13.5. The summed E-state index contributed by atoms with van der Waals surface area (Å²) in [6, 6.07) is 3.06. The van der Waals surface area contributed by atoms with Gasteiger partial charge in [0.05, 0.1) is 11.5 Å². The molecule has 0 aromatic carbocycles. The number of hydrogen-bond donors (Lipinski definition) is 3. The van der Waals surface area contributed by atoms with Crippen molar-refractivity contribution in [2.45, 2.75) is 20.0 Å². The summed E-state index contributed by atoms with van der Waals surface area (Å²) in [7, 11) is -3.15. The van der Waals surface area contributed by atoms with E-state index in [0.29, 0.717) is 16.8 Å². The second-order valence-corrected chi connectivity index (χ2v) is 9.53. The maximum atomic E-state index is 12.9. The minimum atomic E-state index is -4.67. The highest BCUT2D eigenvalue weighted by molar-refractivity contribution is 7.90. The van der Waals surface area contributed by atoms with E-state index in [-0.39, 0.29) is 23.9 Å². The van der Waals surface area contributed by atoms with Crippen molar-refractivity contribution in [3.8, 4) is 0 Å². The van der Waals surface area contributed by atoms with E-state index in [0.717, 1.165) is 18.4 Å². The summed E-state index contributed by atoms with van der Waals surface area (Å²) < 4.78 is 61.1. The minimum absolute atomic E-state index is 0.0823. The average Bonchev–Trinajstić information content (AvgIpc) is 2.65. The van der Waals surface area contributed by atoms with Crippen LogP contribution in [-0.4, -0.2) is 43.6 Å². The number of carbonyl (C=O) groups excluding carboxylic acids is 1. The van der Waals surface area contributed by atoms with Crippen LogP contribution in [-0.2, 0) is 16.0 Å². The first-order chi connectivity index (χ1) is 14.3. The number of carbonyl (C=O) groups is 1. The molecule has 0 atom stereocenters. The van der Waals surface area contributed by atoms with Crippen LogP contribution in [0, 0.1) is 11.3 Å². The third-order valence-corrected chi connectivity index (χ3v) is 5.18. The Morgan fingerprint density at radius 1 is 1.26 bits per heavy atom. The average molecular weight is 456 g/mol. The van der Waals surface area contributed by atoms with Crippen molar-refractivity contribution in [1.82, 2.24) is 15.6 Å². The van der Waals surface area contributed by atoms with Crippen molar-refractivity contribution in [2.75, 3.05) is 18.6 Å². The predicted molar refractivity (Wildman–Crippen MR) is 111 cm³/mol. The Morgan fingerprint density at radius 3 is 2.52 bits per heavy atom. The smallest absolute Gasteiger partial charge is 0.389 e. The van der Waals surface area contributed by atoms with Gasteiger partial charge in [-0.3, -0.25) is 4.79 Å². The molecule has 0 radical (unpaired) electrons. The second-order valence-electron chi connectivity index (χ2n) is 7.27. The molecule has 1 aromatic heterocycles. The molecule has 2 rings (SSSR count). The number of nitrogens with one attached hydrogen (secondary N) is 3. The Morgan fingerprint density at radius 2 is 1.94 bits per heavy atom. The summed E-state index contributed by atoms with van der Waals surface area (Å²) >= 11 is 0. The predicted octanol–water partition coefficient (Wildman–Crippen LogP) is 2.85. The van der Waals surface area contributed by atoms with Crippen LogP contribution in [0.2, 0.25) is 0 Å². The van der Waals surface area contributed by atoms with Gasteiger partial charge in [-0.05, 0) is 35.8 Å². The van der Waals surface area contributed by atoms with Crippen LogP contribution in [0.25, 0.3) is 0 Å². The van der Waals surface area contributed by atoms with Gasteiger partial charge in [-0.1, -0.05) is 19.9 Å². The molecule has 3 N–H and O–H groups in total. The molecule has 1 aliphatic rings. The van der Waals surface area contributed by atoms with Gasteiger partial charge in [0.1, 0.15) is 21.2 Å². The van der Waals surface area contributed by atoms with Gasteiger partial charge in [-0.15, -0.1) is 0 Å². The molecule has 0 unspecified atom stereocenters. The van der Waals surface area contributed by atoms with E-state index in [1.807, 2.05) is 13.8 Å². The summed E-state index contributed by atoms with van der Waals surface area (Å²) in [5.41, 5.74) is -0.0907. The molecule has 31 heavy (non-hydrogen) atoms. The molecule has 168 valence electrons. The molecule has 11 heteroatoms. The van der Waals surface area contributed by atoms with Gasteiger partial charge in [0, 0.05) is 30.3 Å². The maximum absolute atomic E-state index is 12.9. The lowest BCUT2D eigenvalue weighted by atomic mass is 9.90. The van der Waals surface area contributed by atoms with Crippen LogP contribution < -0.4 is 10.6 Å². The van der Waals surface area contributed by atoms with E-state index in [1.165, 1.54) is 18.3 Å². The van der Waals surface area contributed by atoms with Crippen LogP contribution >= 0.6 is 0 Å². The lowest BCUT2D eigenvalue weighted by Gasteiger charge is -2.22. The largest absolute Gasteiger partial charge is 0.433 e. The molecular formula is C20H23F3N4O3S. The molecule has 0 fully saturated rings. The fourth-order valence-electron chi connectivity index (χ4n) is 2.67. The number of hydrogen-bond acceptors (Lipinski definition) is 6. The molecule has 1 heterocycles. The molecule has 0 saturated carbocycles. The summed E-state index contributed by atoms with van der Waals surface area (Å²) in [6.45, 7) is 3.83. The van der Waals surface area contributed by atoms with Crippen LogP contribution in [0.15, 0.2) is 53.4 Å². The molecule has 7 nitrogen and oxygen atoms in total. The molecule has 0 spiro atoms. The summed E-state index contributed by atoms with van der Waals surface area (Å²) in [6.07, 6.45) is 0.944. The first kappa shape index (κ1) is 24.3. The van der Waals surface area contributed by atoms with Gasteiger partial charge < -0.3 is 16.0 Å². The quantitative estimate of drug-likeness (QED) is 0.547. The fraction of sp³-hybridized carbons (Fsp3) is 0.350. The van der Waals surface area contributed by atoms with Crippen molar-refractivity contribution >= 4 is 21.5 Å². The molecule has 0 bridgehead atoms. The lowest BCUT2D eigenvalue weighted by Crippen LogP contribution is -2.29. The van der Waals surface area contributed by atoms with E-state index in [4.69, 9.17) is 5.41 Å². The molecule has 0 saturated heterocycles. The molecule has 1 aromatic rings. The Balaban J connectivity index is 2.27. The number of nitrogens with zero attached hydrogens (tertiary/aromatic N) is 1. The zero-order valence-electron chi connectivity index (χ0n) is 17.2. The van der Waals surface area contributed by atoms with Gasteiger partial charge >= 0.3 is 6.18 Å². The van der Waals surface area contributed by atoms with Gasteiger partial charge in [0.2, 0.25) is 0 Å². The first-order valence-electron chi connectivity index (χ1n) is 9.27. The molecule has 0 aliphatic heterocycles. The number of aromatic nitrogens is 1. The molecule has 1 amide bonds. The SMILES string of the molecule is CC(C)C1=CC(=N)/C(=C\NCCS(C)(=O)=O)C=C1NC(=O)c1cccc(C(F)(F)F)n1. The minimum Gasteiger partial charge on any atom is -0.389 e. The Labute approximate surface area is 178 Å². The number of allylic oxidation sites excluding steroid dienone is 4.